The Bertz CT molecular complexity index is 85.9. The van der Waals surface area contributed by atoms with Gasteiger partial charge in [0.1, 0.15) is 13.2 Å². The zero-order valence-corrected chi connectivity index (χ0v) is 5.22. The van der Waals surface area contributed by atoms with Gasteiger partial charge in [0.2, 0.25) is 0 Å². The summed E-state index contributed by atoms with van der Waals surface area (Å²) in [5.41, 5.74) is 0. The molecule has 0 heterocycles. The normalized spacial score (nSPS) is 8.67. The van der Waals surface area contributed by atoms with Gasteiger partial charge >= 0.3 is 6.09 Å². The Hall–Kier alpha value is -0.810. The highest BCUT2D eigenvalue weighted by Crippen LogP contribution is 1.74. The molecule has 5 heteroatoms. The van der Waals surface area contributed by atoms with E-state index >= 15 is 0 Å². The Morgan fingerprint density at radius 2 is 2.33 bits per heavy atom. The van der Waals surface area contributed by atoms with E-state index in [0.29, 0.717) is 0 Å². The van der Waals surface area contributed by atoms with Gasteiger partial charge in [-0.15, -0.1) is 0 Å². The number of hydrogen-bond acceptors (Lipinski definition) is 4. The van der Waals surface area contributed by atoms with E-state index in [4.69, 9.17) is 0 Å². The molecule has 0 aromatic carbocycles. The molecule has 0 fully saturated rings. The van der Waals surface area contributed by atoms with Crippen LogP contribution in [0.2, 0.25) is 0 Å². The molecule has 0 radical (unpaired) electrons. The Morgan fingerprint density at radius 1 is 1.67 bits per heavy atom. The minimum Gasteiger partial charge on any atom is -0.447 e. The summed E-state index contributed by atoms with van der Waals surface area (Å²) in [6.45, 7) is 0.392. The van der Waals surface area contributed by atoms with Crippen LogP contribution in [0.15, 0.2) is 0 Å². The molecule has 54 valence electrons. The van der Waals surface area contributed by atoms with E-state index in [-0.39, 0.29) is 13.2 Å². The minimum atomic E-state index is -0.480. The molecule has 0 atom stereocenters. The van der Waals surface area contributed by atoms with Gasteiger partial charge in [-0.3, -0.25) is 0 Å². The summed E-state index contributed by atoms with van der Waals surface area (Å²) in [6.07, 6.45) is -0.480. The van der Waals surface area contributed by atoms with Crippen molar-refractivity contribution < 1.29 is 14.4 Å². The summed E-state index contributed by atoms with van der Waals surface area (Å²) in [6, 6.07) is 0. The molecule has 0 aliphatic heterocycles. The van der Waals surface area contributed by atoms with Crippen molar-refractivity contribution in [2.45, 2.75) is 0 Å². The number of carbonyl (C=O) groups is 1. The van der Waals surface area contributed by atoms with Crippen LogP contribution >= 0.6 is 0 Å². The van der Waals surface area contributed by atoms with E-state index in [1.54, 1.807) is 0 Å². The van der Waals surface area contributed by atoms with Crippen molar-refractivity contribution in [3.05, 3.63) is 0 Å². The molecular weight excluding hydrogens is 124 g/mol. The number of ether oxygens (including phenoxy) is 1. The molecular formula is C4H10N2O3. The third-order valence-corrected chi connectivity index (χ3v) is 0.638. The van der Waals surface area contributed by atoms with Gasteiger partial charge in [0.05, 0.1) is 0 Å². The quantitative estimate of drug-likeness (QED) is 0.392. The summed E-state index contributed by atoms with van der Waals surface area (Å²) in [5, 5.41) is 2.27. The minimum absolute atomic E-state index is 0.177. The predicted molar refractivity (Wildman–Crippen MR) is 30.5 cm³/mol. The monoisotopic (exact) mass is 134 g/mol. The van der Waals surface area contributed by atoms with Crippen LogP contribution in [-0.2, 0) is 9.57 Å². The molecule has 0 saturated heterocycles. The van der Waals surface area contributed by atoms with Crippen molar-refractivity contribution >= 4 is 6.09 Å². The van der Waals surface area contributed by atoms with Crippen molar-refractivity contribution in [3.8, 4) is 0 Å². The first-order chi connectivity index (χ1) is 4.31. The summed E-state index contributed by atoms with van der Waals surface area (Å²) in [5.74, 6) is 4.64. The fourth-order valence-electron chi connectivity index (χ4n) is 0.255. The zero-order valence-electron chi connectivity index (χ0n) is 5.22. The third kappa shape index (κ3) is 5.05. The molecule has 0 aliphatic rings. The highest BCUT2D eigenvalue weighted by atomic mass is 16.6. The maximum Gasteiger partial charge on any atom is 0.406 e. The van der Waals surface area contributed by atoms with Gasteiger partial charge in [0, 0.05) is 7.05 Å². The van der Waals surface area contributed by atoms with Crippen molar-refractivity contribution in [1.29, 1.82) is 0 Å². The van der Waals surface area contributed by atoms with Crippen molar-refractivity contribution in [1.82, 2.24) is 5.32 Å². The standard InChI is InChI=1S/C4H10N2O3/c1-6-4(7)8-2-3-9-5/h2-3,5H2,1H3,(H,6,7). The van der Waals surface area contributed by atoms with E-state index in [1.165, 1.54) is 7.05 Å². The van der Waals surface area contributed by atoms with Crippen LogP contribution < -0.4 is 11.2 Å². The SMILES string of the molecule is CNC(=O)OCCON. The molecule has 0 unspecified atom stereocenters. The van der Waals surface area contributed by atoms with Gasteiger partial charge in [-0.2, -0.15) is 0 Å². The predicted octanol–water partition coefficient (Wildman–Crippen LogP) is -0.767. The van der Waals surface area contributed by atoms with Gasteiger partial charge in [-0.05, 0) is 0 Å². The van der Waals surface area contributed by atoms with Crippen LogP contribution in [0.3, 0.4) is 0 Å². The summed E-state index contributed by atoms with van der Waals surface area (Å²) < 4.78 is 4.48. The van der Waals surface area contributed by atoms with E-state index < -0.39 is 6.09 Å². The van der Waals surface area contributed by atoms with Gasteiger partial charge in [-0.25, -0.2) is 10.7 Å². The molecule has 0 aromatic heterocycles. The average Bonchev–Trinajstić information content (AvgIpc) is 1.89. The topological polar surface area (TPSA) is 73.6 Å². The average molecular weight is 134 g/mol. The first kappa shape index (κ1) is 8.19. The highest BCUT2D eigenvalue weighted by molar-refractivity contribution is 5.66. The van der Waals surface area contributed by atoms with E-state index in [9.17, 15) is 4.79 Å². The largest absolute Gasteiger partial charge is 0.447 e. The summed E-state index contributed by atoms with van der Waals surface area (Å²) in [4.78, 5) is 14.4. The fourth-order valence-corrected chi connectivity index (χ4v) is 0.255. The smallest absolute Gasteiger partial charge is 0.406 e. The molecule has 0 spiro atoms. The lowest BCUT2D eigenvalue weighted by molar-refractivity contribution is 0.0742. The number of nitrogens with one attached hydrogen (secondary N) is 1. The van der Waals surface area contributed by atoms with Crippen molar-refractivity contribution in [2.24, 2.45) is 5.90 Å². The van der Waals surface area contributed by atoms with Crippen LogP contribution in [0.4, 0.5) is 4.79 Å². The molecule has 0 aliphatic carbocycles. The Balaban J connectivity index is 2.97. The number of alkyl carbamates (subject to hydrolysis) is 1. The van der Waals surface area contributed by atoms with Gasteiger partial charge in [0.15, 0.2) is 0 Å². The molecule has 0 bridgehead atoms. The Morgan fingerprint density at radius 3 is 2.78 bits per heavy atom. The van der Waals surface area contributed by atoms with Crippen LogP contribution in [0.25, 0.3) is 0 Å². The van der Waals surface area contributed by atoms with Crippen LogP contribution in [-0.4, -0.2) is 26.4 Å². The van der Waals surface area contributed by atoms with Crippen LogP contribution in [0.1, 0.15) is 0 Å². The second-order valence-electron chi connectivity index (χ2n) is 1.26. The number of amides is 1. The first-order valence-corrected chi connectivity index (χ1v) is 2.47. The third-order valence-electron chi connectivity index (χ3n) is 0.638. The Labute approximate surface area is 53.1 Å². The fraction of sp³-hybridized carbons (Fsp3) is 0.750. The summed E-state index contributed by atoms with van der Waals surface area (Å²) in [7, 11) is 1.48. The van der Waals surface area contributed by atoms with Gasteiger partial charge < -0.3 is 14.9 Å². The van der Waals surface area contributed by atoms with Crippen LogP contribution in [0, 0.1) is 0 Å². The molecule has 9 heavy (non-hydrogen) atoms. The first-order valence-electron chi connectivity index (χ1n) is 2.47. The molecule has 1 amide bonds. The van der Waals surface area contributed by atoms with Crippen molar-refractivity contribution in [2.75, 3.05) is 20.3 Å². The van der Waals surface area contributed by atoms with Crippen LogP contribution in [0.5, 0.6) is 0 Å². The molecule has 5 nitrogen and oxygen atoms in total. The van der Waals surface area contributed by atoms with E-state index in [2.05, 4.69) is 20.8 Å². The molecule has 0 saturated carbocycles. The number of carbonyl (C=O) groups excluding carboxylic acids is 1. The maximum atomic E-state index is 10.3. The van der Waals surface area contributed by atoms with Crippen molar-refractivity contribution in [3.63, 3.8) is 0 Å². The molecule has 3 N–H and O–H groups in total. The number of rotatable bonds is 3. The lowest BCUT2D eigenvalue weighted by atomic mass is 10.8. The van der Waals surface area contributed by atoms with Gasteiger partial charge in [0.25, 0.3) is 0 Å². The zero-order chi connectivity index (χ0) is 7.11. The Kier molecular flexibility index (Phi) is 4.85. The maximum absolute atomic E-state index is 10.3. The number of nitrogens with two attached hydrogens (primary N) is 1. The lowest BCUT2D eigenvalue weighted by Crippen LogP contribution is -2.21. The van der Waals surface area contributed by atoms with E-state index in [0.717, 1.165) is 0 Å². The van der Waals surface area contributed by atoms with Gasteiger partial charge in [-0.1, -0.05) is 0 Å². The van der Waals surface area contributed by atoms with E-state index in [1.807, 2.05) is 0 Å². The highest BCUT2D eigenvalue weighted by Gasteiger charge is 1.93. The second kappa shape index (κ2) is 5.33. The lowest BCUT2D eigenvalue weighted by Gasteiger charge is -2.00. The second-order valence-corrected chi connectivity index (χ2v) is 1.26. The summed E-state index contributed by atoms with van der Waals surface area (Å²) >= 11 is 0. The molecule has 0 aromatic rings. The molecule has 0 rings (SSSR count). The number of hydrogen-bond donors (Lipinski definition) is 2.